The molecule has 2 aromatic carbocycles. The highest BCUT2D eigenvalue weighted by molar-refractivity contribution is 5.99. The first-order valence-electron chi connectivity index (χ1n) is 8.59. The maximum Gasteiger partial charge on any atom is 0.335 e. The van der Waals surface area contributed by atoms with Gasteiger partial charge in [-0.2, -0.15) is 0 Å². The van der Waals surface area contributed by atoms with Crippen molar-refractivity contribution in [3.05, 3.63) is 69.3 Å². The van der Waals surface area contributed by atoms with Crippen LogP contribution in [0, 0.1) is 10.1 Å². The van der Waals surface area contributed by atoms with Crippen molar-refractivity contribution in [1.29, 1.82) is 0 Å². The number of carboxylic acid groups (broad SMARTS) is 1. The molecule has 0 radical (unpaired) electrons. The Kier molecular flexibility index (Phi) is 5.35. The van der Waals surface area contributed by atoms with Crippen molar-refractivity contribution in [3.8, 4) is 0 Å². The van der Waals surface area contributed by atoms with E-state index in [-0.39, 0.29) is 22.7 Å². The van der Waals surface area contributed by atoms with E-state index in [1.54, 1.807) is 23.1 Å². The normalized spacial score (nSPS) is 13.4. The van der Waals surface area contributed by atoms with Gasteiger partial charge in [-0.1, -0.05) is 12.1 Å². The molecule has 0 unspecified atom stereocenters. The number of aromatic carboxylic acids is 1. The van der Waals surface area contributed by atoms with Crippen molar-refractivity contribution in [2.75, 3.05) is 18.4 Å². The molecule has 1 aliphatic rings. The second-order valence-corrected chi connectivity index (χ2v) is 6.34. The number of nitro groups is 1. The molecule has 0 aromatic heterocycles. The standard InChI is InChI=1S/C19H19N3O5/c23-18(21-9-1-2-10-21)16-11-15(7-8-17(16)22(26)27)20-12-13-3-5-14(6-4-13)19(24)25/h3-8,11,20H,1-2,9-10,12H2,(H,24,25). The van der Waals surface area contributed by atoms with Gasteiger partial charge in [0.2, 0.25) is 0 Å². The number of likely N-dealkylation sites (tertiary alicyclic amines) is 1. The first-order chi connectivity index (χ1) is 13.0. The molecule has 2 aromatic rings. The third kappa shape index (κ3) is 4.22. The van der Waals surface area contributed by atoms with E-state index in [0.717, 1.165) is 18.4 Å². The average molecular weight is 369 g/mol. The summed E-state index contributed by atoms with van der Waals surface area (Å²) in [5.41, 5.74) is 1.51. The van der Waals surface area contributed by atoms with E-state index >= 15 is 0 Å². The molecule has 0 atom stereocenters. The number of hydrogen-bond donors (Lipinski definition) is 2. The monoisotopic (exact) mass is 369 g/mol. The molecule has 1 saturated heterocycles. The van der Waals surface area contributed by atoms with Crippen molar-refractivity contribution < 1.29 is 19.6 Å². The molecule has 140 valence electrons. The fourth-order valence-corrected chi connectivity index (χ4v) is 3.04. The van der Waals surface area contributed by atoms with Gasteiger partial charge in [0.05, 0.1) is 10.5 Å². The van der Waals surface area contributed by atoms with Gasteiger partial charge in [0.25, 0.3) is 11.6 Å². The fraction of sp³-hybridized carbons (Fsp3) is 0.263. The van der Waals surface area contributed by atoms with Crippen LogP contribution in [0.3, 0.4) is 0 Å². The van der Waals surface area contributed by atoms with Crippen LogP contribution in [-0.4, -0.2) is 39.9 Å². The lowest BCUT2D eigenvalue weighted by atomic mass is 10.1. The van der Waals surface area contributed by atoms with Crippen molar-refractivity contribution in [2.45, 2.75) is 19.4 Å². The second kappa shape index (κ2) is 7.86. The van der Waals surface area contributed by atoms with Crippen molar-refractivity contribution >= 4 is 23.3 Å². The lowest BCUT2D eigenvalue weighted by molar-refractivity contribution is -0.385. The Bertz CT molecular complexity index is 873. The predicted molar refractivity (Wildman–Crippen MR) is 99.0 cm³/mol. The topological polar surface area (TPSA) is 113 Å². The van der Waals surface area contributed by atoms with Crippen molar-refractivity contribution in [1.82, 2.24) is 4.90 Å². The van der Waals surface area contributed by atoms with Gasteiger partial charge in [-0.05, 0) is 42.7 Å². The van der Waals surface area contributed by atoms with E-state index in [1.165, 1.54) is 24.3 Å². The number of amides is 1. The molecule has 0 bridgehead atoms. The SMILES string of the molecule is O=C(O)c1ccc(CNc2ccc([N+](=O)[O-])c(C(=O)N3CCCC3)c2)cc1. The number of rotatable bonds is 6. The predicted octanol–water partition coefficient (Wildman–Crippen LogP) is 3.14. The highest BCUT2D eigenvalue weighted by Gasteiger charge is 2.26. The van der Waals surface area contributed by atoms with Crippen LogP contribution < -0.4 is 5.32 Å². The van der Waals surface area contributed by atoms with E-state index in [2.05, 4.69) is 5.32 Å². The molecule has 1 fully saturated rings. The summed E-state index contributed by atoms with van der Waals surface area (Å²) in [6.45, 7) is 1.63. The highest BCUT2D eigenvalue weighted by Crippen LogP contribution is 2.26. The molecule has 8 heteroatoms. The summed E-state index contributed by atoms with van der Waals surface area (Å²) in [5, 5.41) is 23.3. The van der Waals surface area contributed by atoms with Gasteiger partial charge < -0.3 is 15.3 Å². The zero-order valence-corrected chi connectivity index (χ0v) is 14.6. The number of nitro benzene ring substituents is 1. The van der Waals surface area contributed by atoms with Crippen LogP contribution in [0.25, 0.3) is 0 Å². The molecule has 3 rings (SSSR count). The van der Waals surface area contributed by atoms with E-state index in [0.29, 0.717) is 25.3 Å². The molecule has 1 heterocycles. The Hall–Kier alpha value is -3.42. The van der Waals surface area contributed by atoms with E-state index < -0.39 is 10.9 Å². The molecule has 2 N–H and O–H groups in total. The van der Waals surface area contributed by atoms with Crippen LogP contribution in [0.15, 0.2) is 42.5 Å². The van der Waals surface area contributed by atoms with Gasteiger partial charge in [-0.15, -0.1) is 0 Å². The molecular formula is C19H19N3O5. The number of nitrogens with zero attached hydrogens (tertiary/aromatic N) is 2. The number of nitrogens with one attached hydrogen (secondary N) is 1. The summed E-state index contributed by atoms with van der Waals surface area (Å²) in [4.78, 5) is 35.9. The molecule has 1 amide bonds. The van der Waals surface area contributed by atoms with Crippen molar-refractivity contribution in [2.24, 2.45) is 0 Å². The van der Waals surface area contributed by atoms with Crippen LogP contribution in [-0.2, 0) is 6.54 Å². The number of benzene rings is 2. The third-order valence-corrected chi connectivity index (χ3v) is 4.51. The quantitative estimate of drug-likeness (QED) is 0.597. The van der Waals surface area contributed by atoms with Crippen LogP contribution in [0.2, 0.25) is 0 Å². The van der Waals surface area contributed by atoms with E-state index in [1.807, 2.05) is 0 Å². The Morgan fingerprint density at radius 3 is 2.37 bits per heavy atom. The summed E-state index contributed by atoms with van der Waals surface area (Å²) in [7, 11) is 0. The fourth-order valence-electron chi connectivity index (χ4n) is 3.04. The van der Waals surface area contributed by atoms with Crippen LogP contribution >= 0.6 is 0 Å². The van der Waals surface area contributed by atoms with Gasteiger partial charge in [-0.25, -0.2) is 4.79 Å². The highest BCUT2D eigenvalue weighted by atomic mass is 16.6. The Balaban J connectivity index is 1.77. The summed E-state index contributed by atoms with van der Waals surface area (Å²) >= 11 is 0. The van der Waals surface area contributed by atoms with E-state index in [4.69, 9.17) is 5.11 Å². The van der Waals surface area contributed by atoms with Crippen molar-refractivity contribution in [3.63, 3.8) is 0 Å². The first-order valence-corrected chi connectivity index (χ1v) is 8.59. The minimum atomic E-state index is -0.991. The Morgan fingerprint density at radius 1 is 1.11 bits per heavy atom. The Labute approximate surface area is 155 Å². The second-order valence-electron chi connectivity index (χ2n) is 6.34. The number of anilines is 1. The minimum absolute atomic E-state index is 0.0770. The first kappa shape index (κ1) is 18.4. The summed E-state index contributed by atoms with van der Waals surface area (Å²) < 4.78 is 0. The zero-order valence-electron chi connectivity index (χ0n) is 14.6. The number of carboxylic acids is 1. The maximum absolute atomic E-state index is 12.6. The molecule has 0 spiro atoms. The summed E-state index contributed by atoms with van der Waals surface area (Å²) in [5.74, 6) is -1.32. The van der Waals surface area contributed by atoms with Gasteiger partial charge >= 0.3 is 5.97 Å². The number of hydrogen-bond acceptors (Lipinski definition) is 5. The smallest absolute Gasteiger partial charge is 0.335 e. The zero-order chi connectivity index (χ0) is 19.4. The van der Waals surface area contributed by atoms with Crippen LogP contribution in [0.4, 0.5) is 11.4 Å². The largest absolute Gasteiger partial charge is 0.478 e. The Morgan fingerprint density at radius 2 is 1.78 bits per heavy atom. The van der Waals surface area contributed by atoms with Gasteiger partial charge in [0, 0.05) is 31.4 Å². The molecule has 1 aliphatic heterocycles. The molecule has 0 aliphatic carbocycles. The lowest BCUT2D eigenvalue weighted by Gasteiger charge is -2.16. The average Bonchev–Trinajstić information content (AvgIpc) is 3.20. The van der Waals surface area contributed by atoms with E-state index in [9.17, 15) is 19.7 Å². The van der Waals surface area contributed by atoms with Gasteiger partial charge in [0.1, 0.15) is 5.56 Å². The van der Waals surface area contributed by atoms with Crippen LogP contribution in [0.5, 0.6) is 0 Å². The number of carbonyl (C=O) groups is 2. The minimum Gasteiger partial charge on any atom is -0.478 e. The summed E-state index contributed by atoms with van der Waals surface area (Å²) in [6.07, 6.45) is 1.81. The number of carbonyl (C=O) groups excluding carboxylic acids is 1. The molecule has 27 heavy (non-hydrogen) atoms. The third-order valence-electron chi connectivity index (χ3n) is 4.51. The van der Waals surface area contributed by atoms with Gasteiger partial charge in [-0.3, -0.25) is 14.9 Å². The maximum atomic E-state index is 12.6. The van der Waals surface area contributed by atoms with Crippen LogP contribution in [0.1, 0.15) is 39.1 Å². The van der Waals surface area contributed by atoms with Gasteiger partial charge in [0.15, 0.2) is 0 Å². The molecule has 0 saturated carbocycles. The lowest BCUT2D eigenvalue weighted by Crippen LogP contribution is -2.28. The molecule has 8 nitrogen and oxygen atoms in total. The molecular weight excluding hydrogens is 350 g/mol. The summed E-state index contributed by atoms with van der Waals surface area (Å²) in [6, 6.07) is 10.8.